The first kappa shape index (κ1) is 11.3. The Kier molecular flexibility index (Phi) is 3.49. The average Bonchev–Trinajstić information content (AvgIpc) is 2.20. The summed E-state index contributed by atoms with van der Waals surface area (Å²) in [4.78, 5) is 10.8. The maximum absolute atomic E-state index is 13.0. The molecule has 0 fully saturated rings. The number of benzene rings is 1. The molecule has 5 heteroatoms. The summed E-state index contributed by atoms with van der Waals surface area (Å²) in [6.07, 6.45) is 0. The van der Waals surface area contributed by atoms with Crippen LogP contribution in [0.15, 0.2) is 18.2 Å². The van der Waals surface area contributed by atoms with Crippen LogP contribution in [0.2, 0.25) is 0 Å². The molecule has 1 rings (SSSR count). The molecule has 0 aliphatic carbocycles. The van der Waals surface area contributed by atoms with E-state index in [1.807, 2.05) is 0 Å². The Morgan fingerprint density at radius 1 is 1.60 bits per heavy atom. The third kappa shape index (κ3) is 2.83. The van der Waals surface area contributed by atoms with E-state index in [9.17, 15) is 9.18 Å². The van der Waals surface area contributed by atoms with E-state index in [2.05, 4.69) is 5.32 Å². The molecule has 1 amide bonds. The van der Waals surface area contributed by atoms with Crippen LogP contribution in [0.3, 0.4) is 0 Å². The molecule has 0 saturated heterocycles. The topological polar surface area (TPSA) is 64.3 Å². The first-order valence-electron chi connectivity index (χ1n) is 4.44. The molecule has 1 aromatic carbocycles. The van der Waals surface area contributed by atoms with E-state index in [0.717, 1.165) is 0 Å². The Balaban J connectivity index is 2.83. The number of rotatable bonds is 4. The van der Waals surface area contributed by atoms with Crippen molar-refractivity contribution in [3.8, 4) is 5.75 Å². The highest BCUT2D eigenvalue weighted by molar-refractivity contribution is 5.82. The fraction of sp³-hybridized carbons (Fsp3) is 0.300. The fourth-order valence-electron chi connectivity index (χ4n) is 1.07. The molecule has 0 radical (unpaired) electrons. The summed E-state index contributed by atoms with van der Waals surface area (Å²) in [7, 11) is 1.37. The van der Waals surface area contributed by atoms with Crippen molar-refractivity contribution in [3.05, 3.63) is 24.0 Å². The molecule has 82 valence electrons. The first-order valence-corrected chi connectivity index (χ1v) is 4.44. The highest BCUT2D eigenvalue weighted by atomic mass is 19.1. The summed E-state index contributed by atoms with van der Waals surface area (Å²) in [5, 5.41) is 2.82. The predicted octanol–water partition coefficient (Wildman–Crippen LogP) is 1.12. The van der Waals surface area contributed by atoms with Crippen LogP contribution in [0.4, 0.5) is 10.1 Å². The van der Waals surface area contributed by atoms with Gasteiger partial charge in [-0.15, -0.1) is 0 Å². The van der Waals surface area contributed by atoms with Crippen molar-refractivity contribution in [1.29, 1.82) is 0 Å². The van der Waals surface area contributed by atoms with E-state index in [1.165, 1.54) is 25.3 Å². The first-order chi connectivity index (χ1) is 7.04. The Morgan fingerprint density at radius 3 is 2.80 bits per heavy atom. The monoisotopic (exact) mass is 212 g/mol. The zero-order valence-corrected chi connectivity index (χ0v) is 8.58. The van der Waals surface area contributed by atoms with Crippen molar-refractivity contribution >= 4 is 11.6 Å². The van der Waals surface area contributed by atoms with Crippen molar-refractivity contribution < 1.29 is 13.9 Å². The number of amides is 1. The van der Waals surface area contributed by atoms with Gasteiger partial charge in [0.05, 0.1) is 7.11 Å². The van der Waals surface area contributed by atoms with E-state index in [1.54, 1.807) is 6.92 Å². The molecule has 0 aliphatic rings. The van der Waals surface area contributed by atoms with E-state index in [4.69, 9.17) is 10.5 Å². The number of carbonyl (C=O) groups excluding carboxylic acids is 1. The van der Waals surface area contributed by atoms with Crippen molar-refractivity contribution in [2.75, 3.05) is 12.4 Å². The van der Waals surface area contributed by atoms with Gasteiger partial charge in [-0.3, -0.25) is 4.79 Å². The van der Waals surface area contributed by atoms with Crippen LogP contribution >= 0.6 is 0 Å². The minimum absolute atomic E-state index is 0.122. The molecule has 15 heavy (non-hydrogen) atoms. The lowest BCUT2D eigenvalue weighted by atomic mass is 10.2. The van der Waals surface area contributed by atoms with Gasteiger partial charge in [0.25, 0.3) is 0 Å². The molecule has 0 aromatic heterocycles. The largest absolute Gasteiger partial charge is 0.494 e. The van der Waals surface area contributed by atoms with Gasteiger partial charge in [0.15, 0.2) is 11.6 Å². The molecule has 1 aromatic rings. The molecule has 1 atom stereocenters. The normalized spacial score (nSPS) is 11.9. The Labute approximate surface area is 87.2 Å². The van der Waals surface area contributed by atoms with Gasteiger partial charge in [0.1, 0.15) is 6.04 Å². The van der Waals surface area contributed by atoms with Crippen molar-refractivity contribution in [3.63, 3.8) is 0 Å². The predicted molar refractivity (Wildman–Crippen MR) is 55.2 cm³/mol. The summed E-state index contributed by atoms with van der Waals surface area (Å²) >= 11 is 0. The van der Waals surface area contributed by atoms with Crippen LogP contribution in [0.25, 0.3) is 0 Å². The minimum Gasteiger partial charge on any atom is -0.494 e. The van der Waals surface area contributed by atoms with E-state index >= 15 is 0 Å². The van der Waals surface area contributed by atoms with Gasteiger partial charge >= 0.3 is 0 Å². The minimum atomic E-state index is -0.514. The SMILES string of the molecule is COc1cc(NC(C)C(N)=O)ccc1F. The van der Waals surface area contributed by atoms with E-state index < -0.39 is 17.8 Å². The molecule has 0 bridgehead atoms. The van der Waals surface area contributed by atoms with E-state index in [0.29, 0.717) is 5.69 Å². The van der Waals surface area contributed by atoms with Gasteiger partial charge in [0, 0.05) is 11.8 Å². The summed E-state index contributed by atoms with van der Waals surface area (Å²) < 4.78 is 17.8. The number of methoxy groups -OCH3 is 1. The molecule has 0 saturated carbocycles. The van der Waals surface area contributed by atoms with Crippen LogP contribution in [0.1, 0.15) is 6.92 Å². The van der Waals surface area contributed by atoms with Crippen molar-refractivity contribution in [2.45, 2.75) is 13.0 Å². The third-order valence-electron chi connectivity index (χ3n) is 1.96. The van der Waals surface area contributed by atoms with Gasteiger partial charge in [-0.2, -0.15) is 0 Å². The molecule has 0 aliphatic heterocycles. The molecule has 0 spiro atoms. The van der Waals surface area contributed by atoms with Gasteiger partial charge in [-0.1, -0.05) is 0 Å². The smallest absolute Gasteiger partial charge is 0.239 e. The van der Waals surface area contributed by atoms with Crippen molar-refractivity contribution in [2.24, 2.45) is 5.73 Å². The lowest BCUT2D eigenvalue weighted by molar-refractivity contribution is -0.118. The summed E-state index contributed by atoms with van der Waals surface area (Å²) in [6, 6.07) is 3.72. The number of nitrogens with one attached hydrogen (secondary N) is 1. The molecule has 3 N–H and O–H groups in total. The summed E-state index contributed by atoms with van der Waals surface area (Å²) in [5.41, 5.74) is 5.66. The quantitative estimate of drug-likeness (QED) is 0.786. The second-order valence-corrected chi connectivity index (χ2v) is 3.12. The summed E-state index contributed by atoms with van der Waals surface area (Å²) in [5.74, 6) is -0.801. The molecular formula is C10H13FN2O2. The number of primary amides is 1. The van der Waals surface area contributed by atoms with Crippen LogP contribution in [0, 0.1) is 5.82 Å². The zero-order chi connectivity index (χ0) is 11.4. The Morgan fingerprint density at radius 2 is 2.27 bits per heavy atom. The number of nitrogens with two attached hydrogens (primary N) is 1. The van der Waals surface area contributed by atoms with Crippen LogP contribution in [0.5, 0.6) is 5.75 Å². The van der Waals surface area contributed by atoms with Crippen LogP contribution < -0.4 is 15.8 Å². The Hall–Kier alpha value is -1.78. The maximum Gasteiger partial charge on any atom is 0.239 e. The van der Waals surface area contributed by atoms with Crippen LogP contribution in [-0.4, -0.2) is 19.1 Å². The highest BCUT2D eigenvalue weighted by Crippen LogP contribution is 2.21. The standard InChI is InChI=1S/C10H13FN2O2/c1-6(10(12)14)13-7-3-4-8(11)9(5-7)15-2/h3-6,13H,1-2H3,(H2,12,14). The lowest BCUT2D eigenvalue weighted by Gasteiger charge is -2.12. The third-order valence-corrected chi connectivity index (χ3v) is 1.96. The van der Waals surface area contributed by atoms with Gasteiger partial charge < -0.3 is 15.8 Å². The van der Waals surface area contributed by atoms with E-state index in [-0.39, 0.29) is 5.75 Å². The fourth-order valence-corrected chi connectivity index (χ4v) is 1.07. The molecule has 0 heterocycles. The highest BCUT2D eigenvalue weighted by Gasteiger charge is 2.09. The number of hydrogen-bond acceptors (Lipinski definition) is 3. The van der Waals surface area contributed by atoms with Crippen molar-refractivity contribution in [1.82, 2.24) is 0 Å². The number of hydrogen-bond donors (Lipinski definition) is 2. The number of halogens is 1. The van der Waals surface area contributed by atoms with Gasteiger partial charge in [-0.05, 0) is 19.1 Å². The zero-order valence-electron chi connectivity index (χ0n) is 8.58. The van der Waals surface area contributed by atoms with Gasteiger partial charge in [0.2, 0.25) is 5.91 Å². The number of ether oxygens (including phenoxy) is 1. The lowest BCUT2D eigenvalue weighted by Crippen LogP contribution is -2.32. The second-order valence-electron chi connectivity index (χ2n) is 3.12. The molecular weight excluding hydrogens is 199 g/mol. The van der Waals surface area contributed by atoms with Gasteiger partial charge in [-0.25, -0.2) is 4.39 Å². The average molecular weight is 212 g/mol. The molecule has 1 unspecified atom stereocenters. The Bertz CT molecular complexity index is 368. The van der Waals surface area contributed by atoms with Crippen LogP contribution in [-0.2, 0) is 4.79 Å². The maximum atomic E-state index is 13.0. The number of carbonyl (C=O) groups is 1. The molecule has 4 nitrogen and oxygen atoms in total. The second kappa shape index (κ2) is 4.63. The number of anilines is 1. The summed E-state index contributed by atoms with van der Waals surface area (Å²) in [6.45, 7) is 1.62.